The largest absolute Gasteiger partial charge is 0.433 e. The Labute approximate surface area is 95.2 Å². The zero-order valence-corrected chi connectivity index (χ0v) is 8.41. The van der Waals surface area contributed by atoms with Gasteiger partial charge in [0.25, 0.3) is 5.24 Å². The molecule has 0 saturated heterocycles. The Morgan fingerprint density at radius 2 is 1.35 bits per heavy atom. The molecule has 1 aromatic rings. The van der Waals surface area contributed by atoms with Gasteiger partial charge in [0.2, 0.25) is 0 Å². The number of aromatic nitrogens is 1. The molecule has 1 aromatic heterocycles. The maximum absolute atomic E-state index is 12.2. The molecule has 0 fully saturated rings. The van der Waals surface area contributed by atoms with Gasteiger partial charge in [-0.25, -0.2) is 4.98 Å². The van der Waals surface area contributed by atoms with Crippen molar-refractivity contribution in [2.24, 2.45) is 0 Å². The van der Waals surface area contributed by atoms with Crippen LogP contribution >= 0.6 is 11.6 Å². The predicted octanol–water partition coefficient (Wildman–Crippen LogP) is 3.50. The molecule has 17 heavy (non-hydrogen) atoms. The Hall–Kier alpha value is -1.31. The second-order valence-corrected chi connectivity index (χ2v) is 3.24. The molecule has 0 radical (unpaired) electrons. The van der Waals surface area contributed by atoms with Crippen LogP contribution in [0.2, 0.25) is 0 Å². The molecule has 2 nitrogen and oxygen atoms in total. The van der Waals surface area contributed by atoms with Crippen LogP contribution in [-0.2, 0) is 12.4 Å². The van der Waals surface area contributed by atoms with Gasteiger partial charge in [0.15, 0.2) is 0 Å². The van der Waals surface area contributed by atoms with E-state index in [1.807, 2.05) is 0 Å². The highest BCUT2D eigenvalue weighted by molar-refractivity contribution is 6.67. The van der Waals surface area contributed by atoms with Crippen LogP contribution in [0.15, 0.2) is 12.1 Å². The van der Waals surface area contributed by atoms with Crippen molar-refractivity contribution < 1.29 is 31.1 Å². The number of hydrogen-bond acceptors (Lipinski definition) is 2. The number of rotatable bonds is 1. The van der Waals surface area contributed by atoms with Crippen LogP contribution in [0.3, 0.4) is 0 Å². The standard InChI is InChI=1S/C8H2ClF6NO/c9-6(17)3-1-4(7(10,11)12)16-5(2-3)8(13,14)15/h1-2H. The SMILES string of the molecule is O=C(Cl)c1cc(C(F)(F)F)nc(C(F)(F)F)c1. The molecule has 0 unspecified atom stereocenters. The lowest BCUT2D eigenvalue weighted by Crippen LogP contribution is -2.16. The van der Waals surface area contributed by atoms with Gasteiger partial charge in [-0.1, -0.05) is 0 Å². The first kappa shape index (κ1) is 13.8. The first-order valence-corrected chi connectivity index (χ1v) is 4.26. The molecule has 94 valence electrons. The average Bonchev–Trinajstić information content (AvgIpc) is 2.14. The molecule has 0 atom stereocenters. The molecule has 0 aliphatic heterocycles. The van der Waals surface area contributed by atoms with Crippen LogP contribution in [0.5, 0.6) is 0 Å². The van der Waals surface area contributed by atoms with Crippen LogP contribution in [-0.4, -0.2) is 10.2 Å². The fourth-order valence-electron chi connectivity index (χ4n) is 0.934. The lowest BCUT2D eigenvalue weighted by Gasteiger charge is -2.11. The Bertz CT molecular complexity index is 420. The van der Waals surface area contributed by atoms with E-state index in [1.54, 1.807) is 0 Å². The van der Waals surface area contributed by atoms with Gasteiger partial charge >= 0.3 is 12.4 Å². The highest BCUT2D eigenvalue weighted by Gasteiger charge is 2.39. The second kappa shape index (κ2) is 4.17. The van der Waals surface area contributed by atoms with Crippen LogP contribution in [0.4, 0.5) is 26.3 Å². The molecular weight excluding hydrogens is 276 g/mol. The maximum Gasteiger partial charge on any atom is 0.433 e. The minimum absolute atomic E-state index is 0.157. The number of alkyl halides is 6. The zero-order chi connectivity index (χ0) is 13.4. The van der Waals surface area contributed by atoms with E-state index in [0.717, 1.165) is 0 Å². The van der Waals surface area contributed by atoms with Crippen molar-refractivity contribution in [1.82, 2.24) is 4.98 Å². The Morgan fingerprint density at radius 1 is 1.00 bits per heavy atom. The molecule has 0 saturated carbocycles. The van der Waals surface area contributed by atoms with Crippen molar-refractivity contribution >= 4 is 16.8 Å². The Morgan fingerprint density at radius 3 is 1.59 bits per heavy atom. The summed E-state index contributed by atoms with van der Waals surface area (Å²) >= 11 is 4.85. The van der Waals surface area contributed by atoms with Crippen molar-refractivity contribution in [3.63, 3.8) is 0 Å². The quantitative estimate of drug-likeness (QED) is 0.581. The second-order valence-electron chi connectivity index (χ2n) is 2.90. The van der Waals surface area contributed by atoms with Gasteiger partial charge in [0, 0.05) is 5.56 Å². The number of carbonyl (C=O) groups excluding carboxylic acids is 1. The monoisotopic (exact) mass is 277 g/mol. The van der Waals surface area contributed by atoms with Gasteiger partial charge in [-0.2, -0.15) is 26.3 Å². The molecular formula is C8H2ClF6NO. The number of pyridine rings is 1. The maximum atomic E-state index is 12.2. The van der Waals surface area contributed by atoms with Crippen LogP contribution < -0.4 is 0 Å². The first-order chi connectivity index (χ1) is 7.51. The first-order valence-electron chi connectivity index (χ1n) is 3.88. The van der Waals surface area contributed by atoms with Gasteiger partial charge < -0.3 is 0 Å². The fraction of sp³-hybridized carbons (Fsp3) is 0.250. The van der Waals surface area contributed by atoms with Crippen LogP contribution in [0.1, 0.15) is 21.7 Å². The summed E-state index contributed by atoms with van der Waals surface area (Å²) in [5.41, 5.74) is -4.56. The highest BCUT2D eigenvalue weighted by atomic mass is 35.5. The van der Waals surface area contributed by atoms with Crippen molar-refractivity contribution in [2.75, 3.05) is 0 Å². The van der Waals surface area contributed by atoms with Gasteiger partial charge in [-0.05, 0) is 23.7 Å². The predicted molar refractivity (Wildman–Crippen MR) is 44.4 cm³/mol. The van der Waals surface area contributed by atoms with Crippen molar-refractivity contribution in [1.29, 1.82) is 0 Å². The van der Waals surface area contributed by atoms with Gasteiger partial charge in [0.1, 0.15) is 11.4 Å². The topological polar surface area (TPSA) is 30.0 Å². The minimum atomic E-state index is -5.09. The Kier molecular flexibility index (Phi) is 3.37. The van der Waals surface area contributed by atoms with E-state index in [2.05, 4.69) is 4.98 Å². The Balaban J connectivity index is 3.45. The summed E-state index contributed by atoms with van der Waals surface area (Å²) in [4.78, 5) is 13.0. The summed E-state index contributed by atoms with van der Waals surface area (Å²) in [5, 5.41) is -1.43. The summed E-state index contributed by atoms with van der Waals surface area (Å²) < 4.78 is 73.3. The van der Waals surface area contributed by atoms with E-state index in [0.29, 0.717) is 0 Å². The van der Waals surface area contributed by atoms with E-state index in [9.17, 15) is 31.1 Å². The van der Waals surface area contributed by atoms with E-state index < -0.39 is 34.5 Å². The molecule has 0 aliphatic carbocycles. The molecule has 0 amide bonds. The molecule has 0 aromatic carbocycles. The third-order valence-electron chi connectivity index (χ3n) is 1.63. The third kappa shape index (κ3) is 3.32. The molecule has 1 rings (SSSR count). The van der Waals surface area contributed by atoms with E-state index in [-0.39, 0.29) is 12.1 Å². The van der Waals surface area contributed by atoms with Gasteiger partial charge in [0.05, 0.1) is 0 Å². The summed E-state index contributed by atoms with van der Waals surface area (Å²) in [6, 6.07) is 0.315. The summed E-state index contributed by atoms with van der Waals surface area (Å²) in [6.45, 7) is 0. The molecule has 0 aliphatic rings. The summed E-state index contributed by atoms with van der Waals surface area (Å²) in [6.07, 6.45) is -10.2. The van der Waals surface area contributed by atoms with Gasteiger partial charge in [-0.3, -0.25) is 4.79 Å². The van der Waals surface area contributed by atoms with Crippen LogP contribution in [0.25, 0.3) is 0 Å². The number of nitrogens with zero attached hydrogens (tertiary/aromatic N) is 1. The molecule has 0 spiro atoms. The molecule has 1 heterocycles. The summed E-state index contributed by atoms with van der Waals surface area (Å²) in [5.74, 6) is 0. The highest BCUT2D eigenvalue weighted by Crippen LogP contribution is 2.33. The third-order valence-corrected chi connectivity index (χ3v) is 1.85. The lowest BCUT2D eigenvalue weighted by molar-refractivity contribution is -0.150. The smallest absolute Gasteiger partial charge is 0.276 e. The summed E-state index contributed by atoms with van der Waals surface area (Å²) in [7, 11) is 0. The average molecular weight is 278 g/mol. The van der Waals surface area contributed by atoms with E-state index >= 15 is 0 Å². The van der Waals surface area contributed by atoms with Gasteiger partial charge in [-0.15, -0.1) is 0 Å². The van der Waals surface area contributed by atoms with E-state index in [4.69, 9.17) is 11.6 Å². The molecule has 0 N–H and O–H groups in total. The lowest BCUT2D eigenvalue weighted by atomic mass is 10.2. The zero-order valence-electron chi connectivity index (χ0n) is 7.66. The van der Waals surface area contributed by atoms with E-state index in [1.165, 1.54) is 0 Å². The fourth-order valence-corrected chi connectivity index (χ4v) is 1.04. The molecule has 9 heteroatoms. The van der Waals surface area contributed by atoms with Crippen molar-refractivity contribution in [3.8, 4) is 0 Å². The van der Waals surface area contributed by atoms with Crippen molar-refractivity contribution in [2.45, 2.75) is 12.4 Å². The normalized spacial score (nSPS) is 12.6. The van der Waals surface area contributed by atoms with Crippen LogP contribution in [0, 0.1) is 0 Å². The number of halogens is 7. The number of hydrogen-bond donors (Lipinski definition) is 0. The van der Waals surface area contributed by atoms with Crippen molar-refractivity contribution in [3.05, 3.63) is 29.1 Å². The minimum Gasteiger partial charge on any atom is -0.276 e. The number of carbonyl (C=O) groups is 1. The molecule has 0 bridgehead atoms.